The Balaban J connectivity index is 0.000000605. The van der Waals surface area contributed by atoms with Crippen LogP contribution in [-0.2, 0) is 0 Å². The average molecular weight is 213 g/mol. The number of pyridine rings is 1. The van der Waals surface area contributed by atoms with Crippen LogP contribution in [0.5, 0.6) is 0 Å². The number of hydrogen-bond donors (Lipinski definition) is 1. The summed E-state index contributed by atoms with van der Waals surface area (Å²) in [4.78, 5) is 7.22. The predicted octanol–water partition coefficient (Wildman–Crippen LogP) is 2.96. The van der Waals surface area contributed by atoms with E-state index in [0.29, 0.717) is 0 Å². The van der Waals surface area contributed by atoms with Crippen LogP contribution in [0.15, 0.2) is 29.0 Å². The molecule has 0 saturated heterocycles. The molecule has 0 atom stereocenters. The zero-order chi connectivity index (χ0) is 6.97. The molecule has 2 rings (SSSR count). The van der Waals surface area contributed by atoms with E-state index in [-0.39, 0.29) is 7.43 Å². The highest BCUT2D eigenvalue weighted by Crippen LogP contribution is 2.13. The molecule has 0 spiro atoms. The topological polar surface area (TPSA) is 28.7 Å². The molecular weight excluding hydrogens is 204 g/mol. The smallest absolute Gasteiger partial charge is 0.138 e. The number of aromatic amines is 1. The Morgan fingerprint density at radius 3 is 2.91 bits per heavy atom. The highest BCUT2D eigenvalue weighted by molar-refractivity contribution is 9.10. The molecule has 2 aromatic rings. The third kappa shape index (κ3) is 1.43. The fourth-order valence-corrected chi connectivity index (χ4v) is 1.22. The maximum atomic E-state index is 4.20. The summed E-state index contributed by atoms with van der Waals surface area (Å²) >= 11 is 3.29. The summed E-state index contributed by atoms with van der Waals surface area (Å²) in [5.74, 6) is 0. The van der Waals surface area contributed by atoms with Gasteiger partial charge in [-0.25, -0.2) is 4.98 Å². The van der Waals surface area contributed by atoms with Crippen LogP contribution in [0.3, 0.4) is 0 Å². The van der Waals surface area contributed by atoms with Crippen LogP contribution in [0.4, 0.5) is 0 Å². The lowest BCUT2D eigenvalue weighted by molar-refractivity contribution is 1.29. The summed E-state index contributed by atoms with van der Waals surface area (Å²) in [6.07, 6.45) is 1.88. The van der Waals surface area contributed by atoms with Crippen molar-refractivity contribution in [3.05, 3.63) is 29.0 Å². The van der Waals surface area contributed by atoms with Crippen LogP contribution in [-0.4, -0.2) is 9.97 Å². The van der Waals surface area contributed by atoms with Crippen molar-refractivity contribution in [2.45, 2.75) is 7.43 Å². The van der Waals surface area contributed by atoms with Gasteiger partial charge in [0, 0.05) is 11.6 Å². The third-order valence-corrected chi connectivity index (χ3v) is 1.82. The zero-order valence-electron chi connectivity index (χ0n) is 5.13. The molecule has 0 aliphatic carbocycles. The molecule has 0 fully saturated rings. The molecule has 11 heavy (non-hydrogen) atoms. The molecule has 0 amide bonds. The number of nitrogens with zero attached hydrogens (tertiary/aromatic N) is 1. The van der Waals surface area contributed by atoms with Crippen molar-refractivity contribution in [1.82, 2.24) is 9.97 Å². The third-order valence-electron chi connectivity index (χ3n) is 1.38. The van der Waals surface area contributed by atoms with Gasteiger partial charge in [-0.2, -0.15) is 0 Å². The van der Waals surface area contributed by atoms with Gasteiger partial charge in [-0.05, 0) is 34.1 Å². The van der Waals surface area contributed by atoms with Gasteiger partial charge in [0.25, 0.3) is 0 Å². The maximum Gasteiger partial charge on any atom is 0.138 e. The SMILES string of the molecule is Brc1ccc2cc[nH]c2n1.C. The minimum Gasteiger partial charge on any atom is -0.346 e. The van der Waals surface area contributed by atoms with Crippen molar-refractivity contribution in [3.8, 4) is 0 Å². The highest BCUT2D eigenvalue weighted by Gasteiger charge is 1.93. The molecule has 2 nitrogen and oxygen atoms in total. The molecule has 0 aromatic carbocycles. The molecule has 58 valence electrons. The van der Waals surface area contributed by atoms with Crippen molar-refractivity contribution >= 4 is 27.0 Å². The Bertz CT molecular complexity index is 354. The number of hydrogen-bond acceptors (Lipinski definition) is 1. The van der Waals surface area contributed by atoms with E-state index in [1.54, 1.807) is 0 Å². The molecule has 0 aliphatic rings. The van der Waals surface area contributed by atoms with Gasteiger partial charge in [0.05, 0.1) is 0 Å². The van der Waals surface area contributed by atoms with Gasteiger partial charge < -0.3 is 4.98 Å². The van der Waals surface area contributed by atoms with E-state index in [4.69, 9.17) is 0 Å². The van der Waals surface area contributed by atoms with E-state index in [1.165, 1.54) is 0 Å². The first-order valence-electron chi connectivity index (χ1n) is 2.96. The summed E-state index contributed by atoms with van der Waals surface area (Å²) in [6, 6.07) is 5.94. The van der Waals surface area contributed by atoms with Crippen molar-refractivity contribution in [2.75, 3.05) is 0 Å². The highest BCUT2D eigenvalue weighted by atomic mass is 79.9. The minimum atomic E-state index is 0. The average Bonchev–Trinajstić information content (AvgIpc) is 2.33. The lowest BCUT2D eigenvalue weighted by Gasteiger charge is -1.88. The van der Waals surface area contributed by atoms with Crippen molar-refractivity contribution < 1.29 is 0 Å². The summed E-state index contributed by atoms with van der Waals surface area (Å²) in [6.45, 7) is 0. The lowest BCUT2D eigenvalue weighted by atomic mass is 10.3. The molecule has 0 bridgehead atoms. The van der Waals surface area contributed by atoms with Crippen LogP contribution in [0.2, 0.25) is 0 Å². The second-order valence-electron chi connectivity index (χ2n) is 2.05. The summed E-state index contributed by atoms with van der Waals surface area (Å²) in [5.41, 5.74) is 0.925. The molecule has 0 aliphatic heterocycles. The second-order valence-corrected chi connectivity index (χ2v) is 2.86. The van der Waals surface area contributed by atoms with Crippen LogP contribution in [0.1, 0.15) is 7.43 Å². The molecule has 0 saturated carbocycles. The Hall–Kier alpha value is -0.830. The number of rotatable bonds is 0. The number of nitrogens with one attached hydrogen (secondary N) is 1. The summed E-state index contributed by atoms with van der Waals surface area (Å²) in [7, 11) is 0. The summed E-state index contributed by atoms with van der Waals surface area (Å²) < 4.78 is 0.863. The molecule has 2 heterocycles. The largest absolute Gasteiger partial charge is 0.346 e. The van der Waals surface area contributed by atoms with Crippen LogP contribution in [0.25, 0.3) is 11.0 Å². The molecule has 2 aromatic heterocycles. The van der Waals surface area contributed by atoms with Gasteiger partial charge in [-0.1, -0.05) is 7.43 Å². The lowest BCUT2D eigenvalue weighted by Crippen LogP contribution is -1.75. The van der Waals surface area contributed by atoms with Gasteiger partial charge in [0.15, 0.2) is 0 Å². The van der Waals surface area contributed by atoms with Gasteiger partial charge >= 0.3 is 0 Å². The fourth-order valence-electron chi connectivity index (χ4n) is 0.907. The Kier molecular flexibility index (Phi) is 2.29. The predicted molar refractivity (Wildman–Crippen MR) is 50.5 cm³/mol. The first-order valence-corrected chi connectivity index (χ1v) is 3.75. The van der Waals surface area contributed by atoms with E-state index < -0.39 is 0 Å². The number of halogens is 1. The second kappa shape index (κ2) is 3.05. The van der Waals surface area contributed by atoms with Gasteiger partial charge in [0.2, 0.25) is 0 Å². The maximum absolute atomic E-state index is 4.20. The van der Waals surface area contributed by atoms with E-state index in [9.17, 15) is 0 Å². The monoisotopic (exact) mass is 212 g/mol. The molecule has 0 unspecified atom stereocenters. The van der Waals surface area contributed by atoms with Crippen LogP contribution < -0.4 is 0 Å². The Labute approximate surface area is 73.8 Å². The Morgan fingerprint density at radius 2 is 2.09 bits per heavy atom. The van der Waals surface area contributed by atoms with Crippen molar-refractivity contribution in [2.24, 2.45) is 0 Å². The Morgan fingerprint density at radius 1 is 1.27 bits per heavy atom. The zero-order valence-corrected chi connectivity index (χ0v) is 6.72. The van der Waals surface area contributed by atoms with E-state index in [0.717, 1.165) is 15.6 Å². The van der Waals surface area contributed by atoms with Gasteiger partial charge in [-0.15, -0.1) is 0 Å². The molecular formula is C8H9BrN2. The van der Waals surface area contributed by atoms with E-state index >= 15 is 0 Å². The fraction of sp³-hybridized carbons (Fsp3) is 0.125. The van der Waals surface area contributed by atoms with Crippen molar-refractivity contribution in [1.29, 1.82) is 0 Å². The first kappa shape index (κ1) is 8.27. The standard InChI is InChI=1S/C7H5BrN2.CH4/c8-6-2-1-5-3-4-9-7(5)10-6;/h1-4H,(H,9,10);1H4. The number of aromatic nitrogens is 2. The van der Waals surface area contributed by atoms with Crippen LogP contribution in [0, 0.1) is 0 Å². The van der Waals surface area contributed by atoms with Crippen molar-refractivity contribution in [3.63, 3.8) is 0 Å². The van der Waals surface area contributed by atoms with E-state index in [1.807, 2.05) is 24.4 Å². The van der Waals surface area contributed by atoms with E-state index in [2.05, 4.69) is 25.9 Å². The quantitative estimate of drug-likeness (QED) is 0.669. The number of fused-ring (bicyclic) bond motifs is 1. The number of H-pyrrole nitrogens is 1. The molecule has 0 radical (unpaired) electrons. The minimum absolute atomic E-state index is 0. The summed E-state index contributed by atoms with van der Waals surface area (Å²) in [5, 5.41) is 1.14. The molecule has 1 N–H and O–H groups in total. The molecule has 3 heteroatoms. The first-order chi connectivity index (χ1) is 4.86. The van der Waals surface area contributed by atoms with Gasteiger partial charge in [-0.3, -0.25) is 0 Å². The normalized spacial score (nSPS) is 9.55. The van der Waals surface area contributed by atoms with Gasteiger partial charge in [0.1, 0.15) is 10.3 Å². The van der Waals surface area contributed by atoms with Crippen LogP contribution >= 0.6 is 15.9 Å².